The molecule has 1 aromatic carbocycles. The number of aryl methyl sites for hydroxylation is 1. The summed E-state index contributed by atoms with van der Waals surface area (Å²) in [5.41, 5.74) is 2.67. The second-order valence-corrected chi connectivity index (χ2v) is 4.28. The summed E-state index contributed by atoms with van der Waals surface area (Å²) in [6.07, 6.45) is 1.79. The van der Waals surface area contributed by atoms with Crippen molar-refractivity contribution >= 4 is 29.2 Å². The highest BCUT2D eigenvalue weighted by molar-refractivity contribution is 6.18. The molecule has 4 heteroatoms. The average molecular weight is 275 g/mol. The lowest BCUT2D eigenvalue weighted by molar-refractivity contribution is 0.0526. The SMILES string of the molecule is CCOC(=O)c1ccc(CCCCl)c(CCl)c1. The molecular weight excluding hydrogens is 259 g/mol. The third-order valence-electron chi connectivity index (χ3n) is 2.44. The number of rotatable bonds is 6. The monoisotopic (exact) mass is 274 g/mol. The molecular formula is C13H16Cl2O2. The van der Waals surface area contributed by atoms with E-state index in [1.54, 1.807) is 19.1 Å². The van der Waals surface area contributed by atoms with Crippen LogP contribution < -0.4 is 0 Å². The molecule has 0 aliphatic carbocycles. The molecule has 0 heterocycles. The molecule has 1 rings (SSSR count). The minimum Gasteiger partial charge on any atom is -0.462 e. The van der Waals surface area contributed by atoms with Crippen LogP contribution in [-0.4, -0.2) is 18.5 Å². The molecule has 0 aromatic heterocycles. The van der Waals surface area contributed by atoms with Gasteiger partial charge in [-0.2, -0.15) is 0 Å². The van der Waals surface area contributed by atoms with Crippen LogP contribution in [0.25, 0.3) is 0 Å². The van der Waals surface area contributed by atoms with Gasteiger partial charge in [0, 0.05) is 11.8 Å². The fraction of sp³-hybridized carbons (Fsp3) is 0.462. The van der Waals surface area contributed by atoms with E-state index >= 15 is 0 Å². The lowest BCUT2D eigenvalue weighted by Gasteiger charge is -2.09. The van der Waals surface area contributed by atoms with Gasteiger partial charge in [-0.25, -0.2) is 4.79 Å². The topological polar surface area (TPSA) is 26.3 Å². The van der Waals surface area contributed by atoms with Gasteiger partial charge in [0.05, 0.1) is 12.2 Å². The number of benzene rings is 1. The zero-order chi connectivity index (χ0) is 12.7. The fourth-order valence-electron chi connectivity index (χ4n) is 1.59. The molecule has 17 heavy (non-hydrogen) atoms. The molecule has 94 valence electrons. The van der Waals surface area contributed by atoms with E-state index in [2.05, 4.69) is 0 Å². The van der Waals surface area contributed by atoms with E-state index in [4.69, 9.17) is 27.9 Å². The molecule has 0 saturated heterocycles. The maximum absolute atomic E-state index is 11.6. The summed E-state index contributed by atoms with van der Waals surface area (Å²) >= 11 is 11.5. The molecule has 0 bridgehead atoms. The van der Waals surface area contributed by atoms with Gasteiger partial charge >= 0.3 is 5.97 Å². The van der Waals surface area contributed by atoms with Crippen LogP contribution in [0.5, 0.6) is 0 Å². The molecule has 1 aromatic rings. The normalized spacial score (nSPS) is 10.3. The maximum Gasteiger partial charge on any atom is 0.338 e. The van der Waals surface area contributed by atoms with Gasteiger partial charge in [-0.05, 0) is 43.0 Å². The number of esters is 1. The van der Waals surface area contributed by atoms with Gasteiger partial charge < -0.3 is 4.74 Å². The van der Waals surface area contributed by atoms with Crippen molar-refractivity contribution < 1.29 is 9.53 Å². The number of ether oxygens (including phenoxy) is 1. The molecule has 0 aliphatic rings. The average Bonchev–Trinajstić information content (AvgIpc) is 2.36. The van der Waals surface area contributed by atoms with Crippen LogP contribution in [0.3, 0.4) is 0 Å². The predicted octanol–water partition coefficient (Wildman–Crippen LogP) is 3.77. The van der Waals surface area contributed by atoms with Crippen molar-refractivity contribution in [2.24, 2.45) is 0 Å². The minimum absolute atomic E-state index is 0.303. The Morgan fingerprint density at radius 1 is 1.29 bits per heavy atom. The number of carbonyl (C=O) groups is 1. The maximum atomic E-state index is 11.6. The first kappa shape index (κ1) is 14.3. The Balaban J connectivity index is 2.87. The molecule has 0 radical (unpaired) electrons. The van der Waals surface area contributed by atoms with Gasteiger partial charge in [0.25, 0.3) is 0 Å². The van der Waals surface area contributed by atoms with Gasteiger partial charge in [0.2, 0.25) is 0 Å². The largest absolute Gasteiger partial charge is 0.462 e. The quantitative estimate of drug-likeness (QED) is 0.583. The highest BCUT2D eigenvalue weighted by Crippen LogP contribution is 2.17. The first-order valence-corrected chi connectivity index (χ1v) is 6.70. The third kappa shape index (κ3) is 4.21. The second-order valence-electron chi connectivity index (χ2n) is 3.63. The Kier molecular flexibility index (Phi) is 6.38. The van der Waals surface area contributed by atoms with Gasteiger partial charge in [0.15, 0.2) is 0 Å². The Morgan fingerprint density at radius 3 is 2.65 bits per heavy atom. The molecule has 0 unspecified atom stereocenters. The van der Waals surface area contributed by atoms with Crippen molar-refractivity contribution in [3.8, 4) is 0 Å². The highest BCUT2D eigenvalue weighted by Gasteiger charge is 2.09. The predicted molar refractivity (Wildman–Crippen MR) is 71.0 cm³/mol. The Bertz CT molecular complexity index is 378. The van der Waals surface area contributed by atoms with Crippen molar-refractivity contribution in [2.75, 3.05) is 12.5 Å². The molecule has 0 spiro atoms. The minimum atomic E-state index is -0.303. The number of hydrogen-bond donors (Lipinski definition) is 0. The summed E-state index contributed by atoms with van der Waals surface area (Å²) in [5.74, 6) is 0.717. The van der Waals surface area contributed by atoms with Crippen LogP contribution in [0.4, 0.5) is 0 Å². The standard InChI is InChI=1S/C13H16Cl2O2/c1-2-17-13(16)11-6-5-10(4-3-7-14)12(8-11)9-15/h5-6,8H,2-4,7,9H2,1H3. The summed E-state index contributed by atoms with van der Waals surface area (Å²) < 4.78 is 4.95. The van der Waals surface area contributed by atoms with E-state index in [1.165, 1.54) is 0 Å². The van der Waals surface area contributed by atoms with E-state index in [1.807, 2.05) is 6.07 Å². The zero-order valence-corrected chi connectivity index (χ0v) is 11.4. The molecule has 0 atom stereocenters. The molecule has 0 aliphatic heterocycles. The molecule has 0 saturated carbocycles. The highest BCUT2D eigenvalue weighted by atomic mass is 35.5. The summed E-state index contributed by atoms with van der Waals surface area (Å²) in [6.45, 7) is 2.16. The fourth-order valence-corrected chi connectivity index (χ4v) is 1.98. The van der Waals surface area contributed by atoms with E-state index in [0.29, 0.717) is 23.9 Å². The van der Waals surface area contributed by atoms with Gasteiger partial charge in [0.1, 0.15) is 0 Å². The first-order chi connectivity index (χ1) is 8.22. The van der Waals surface area contributed by atoms with E-state index in [-0.39, 0.29) is 5.97 Å². The van der Waals surface area contributed by atoms with Crippen LogP contribution in [0.15, 0.2) is 18.2 Å². The van der Waals surface area contributed by atoms with Crippen LogP contribution in [-0.2, 0) is 17.0 Å². The van der Waals surface area contributed by atoms with Crippen LogP contribution in [0, 0.1) is 0 Å². The molecule has 0 fully saturated rings. The van der Waals surface area contributed by atoms with E-state index in [9.17, 15) is 4.79 Å². The Morgan fingerprint density at radius 2 is 2.06 bits per heavy atom. The van der Waals surface area contributed by atoms with Gasteiger partial charge in [-0.1, -0.05) is 6.07 Å². The number of halogens is 2. The van der Waals surface area contributed by atoms with E-state index < -0.39 is 0 Å². The van der Waals surface area contributed by atoms with Gasteiger partial charge in [-0.15, -0.1) is 23.2 Å². The number of carbonyl (C=O) groups excluding carboxylic acids is 1. The summed E-state index contributed by atoms with van der Waals surface area (Å²) in [6, 6.07) is 5.50. The Hall–Kier alpha value is -0.730. The summed E-state index contributed by atoms with van der Waals surface area (Å²) in [7, 11) is 0. The second kappa shape index (κ2) is 7.57. The lowest BCUT2D eigenvalue weighted by Crippen LogP contribution is -2.06. The van der Waals surface area contributed by atoms with Crippen molar-refractivity contribution in [3.05, 3.63) is 34.9 Å². The van der Waals surface area contributed by atoms with Gasteiger partial charge in [-0.3, -0.25) is 0 Å². The van der Waals surface area contributed by atoms with Crippen LogP contribution in [0.1, 0.15) is 34.8 Å². The Labute approximate surface area is 112 Å². The zero-order valence-electron chi connectivity index (χ0n) is 9.84. The molecule has 0 N–H and O–H groups in total. The number of hydrogen-bond acceptors (Lipinski definition) is 2. The van der Waals surface area contributed by atoms with Crippen molar-refractivity contribution in [1.29, 1.82) is 0 Å². The van der Waals surface area contributed by atoms with Crippen molar-refractivity contribution in [2.45, 2.75) is 25.6 Å². The number of alkyl halides is 2. The van der Waals surface area contributed by atoms with Crippen LogP contribution >= 0.6 is 23.2 Å². The van der Waals surface area contributed by atoms with Crippen LogP contribution in [0.2, 0.25) is 0 Å². The summed E-state index contributed by atoms with van der Waals surface area (Å²) in [4.78, 5) is 11.6. The third-order valence-corrected chi connectivity index (χ3v) is 3.00. The smallest absolute Gasteiger partial charge is 0.338 e. The lowest BCUT2D eigenvalue weighted by atomic mass is 10.0. The van der Waals surface area contributed by atoms with Crippen molar-refractivity contribution in [3.63, 3.8) is 0 Å². The molecule has 0 amide bonds. The van der Waals surface area contributed by atoms with E-state index in [0.717, 1.165) is 24.0 Å². The first-order valence-electron chi connectivity index (χ1n) is 5.63. The summed E-state index contributed by atoms with van der Waals surface area (Å²) in [5, 5.41) is 0. The van der Waals surface area contributed by atoms with Crippen molar-refractivity contribution in [1.82, 2.24) is 0 Å². The molecule has 2 nitrogen and oxygen atoms in total.